The first-order valence-electron chi connectivity index (χ1n) is 4.90. The van der Waals surface area contributed by atoms with Gasteiger partial charge in [-0.1, -0.05) is 12.1 Å². The van der Waals surface area contributed by atoms with Crippen LogP contribution >= 0.6 is 11.8 Å². The number of hydrogen-bond donors (Lipinski definition) is 1. The fourth-order valence-electron chi connectivity index (χ4n) is 1.71. The summed E-state index contributed by atoms with van der Waals surface area (Å²) in [4.78, 5) is 12.1. The normalized spacial score (nSPS) is 10.9. The molecule has 0 radical (unpaired) electrons. The van der Waals surface area contributed by atoms with E-state index in [4.69, 9.17) is 0 Å². The van der Waals surface area contributed by atoms with Gasteiger partial charge in [-0.3, -0.25) is 0 Å². The van der Waals surface area contributed by atoms with Crippen LogP contribution in [0.25, 0.3) is 11.0 Å². The lowest BCUT2D eigenvalue weighted by Crippen LogP contribution is -2.26. The largest absolute Gasteiger partial charge is 0.428 e. The van der Waals surface area contributed by atoms with Crippen LogP contribution in [0, 0.1) is 11.8 Å². The lowest BCUT2D eigenvalue weighted by atomic mass is 10.2. The van der Waals surface area contributed by atoms with Gasteiger partial charge in [0.05, 0.1) is 10.2 Å². The Morgan fingerprint density at radius 2 is 2.12 bits per heavy atom. The van der Waals surface area contributed by atoms with E-state index in [0.717, 1.165) is 9.16 Å². The fraction of sp³-hybridized carbons (Fsp3) is 0.273. The number of hydrogen-bond acceptors (Lipinski definition) is 3. The van der Waals surface area contributed by atoms with Crippen LogP contribution in [0.3, 0.4) is 0 Å². The first-order chi connectivity index (χ1) is 7.66. The van der Waals surface area contributed by atoms with E-state index in [9.17, 15) is 10.1 Å². The van der Waals surface area contributed by atoms with Crippen LogP contribution in [-0.4, -0.2) is 16.2 Å². The second-order valence-corrected chi connectivity index (χ2v) is 4.43. The summed E-state index contributed by atoms with van der Waals surface area (Å²) < 4.78 is 1.98. The molecule has 0 spiro atoms. The molecule has 2 rings (SSSR count). The molecular formula is C11H13N2O2S+. The zero-order valence-electron chi connectivity index (χ0n) is 9.17. The summed E-state index contributed by atoms with van der Waals surface area (Å²) in [5, 5.41) is 9.95. The Morgan fingerprint density at radius 1 is 1.44 bits per heavy atom. The predicted octanol–water partition coefficient (Wildman–Crippen LogP) is 1.96. The second-order valence-electron chi connectivity index (χ2n) is 3.56. The molecule has 0 unspecified atom stereocenters. The summed E-state index contributed by atoms with van der Waals surface area (Å²) in [7, 11) is 0. The molecule has 0 aliphatic carbocycles. The van der Waals surface area contributed by atoms with Crippen molar-refractivity contribution < 1.29 is 9.63 Å². The van der Waals surface area contributed by atoms with Crippen molar-refractivity contribution in [2.45, 2.75) is 12.7 Å². The van der Waals surface area contributed by atoms with Gasteiger partial charge in [-0.25, -0.2) is 0 Å². The molecule has 1 aromatic carbocycles. The van der Waals surface area contributed by atoms with E-state index >= 15 is 0 Å². The predicted molar refractivity (Wildman–Crippen MR) is 64.4 cm³/mol. The highest BCUT2D eigenvalue weighted by atomic mass is 32.2. The standard InChI is InChI=1S/C11H13N2O2S/c1-8-11(7-16-2)13(15)10-6-4-3-5-9(10)12(8)14/h3-6,14H,7H2,1-2H3/q+1. The van der Waals surface area contributed by atoms with Crippen LogP contribution in [0.1, 0.15) is 11.4 Å². The summed E-state index contributed by atoms with van der Waals surface area (Å²) in [6.45, 7) is 1.74. The van der Waals surface area contributed by atoms with E-state index < -0.39 is 0 Å². The molecule has 5 heteroatoms. The van der Waals surface area contributed by atoms with Gasteiger partial charge in [0, 0.05) is 11.0 Å². The Labute approximate surface area is 97.1 Å². The van der Waals surface area contributed by atoms with Crippen molar-refractivity contribution in [2.24, 2.45) is 0 Å². The number of nitrogens with zero attached hydrogens (tertiary/aromatic N) is 2. The lowest BCUT2D eigenvalue weighted by Gasteiger charge is -2.05. The maximum absolute atomic E-state index is 12.1. The van der Waals surface area contributed by atoms with Crippen molar-refractivity contribution in [3.8, 4) is 0 Å². The molecule has 2 aromatic rings. The molecule has 0 aliphatic heterocycles. The second kappa shape index (κ2) is 4.17. The van der Waals surface area contributed by atoms with E-state index in [2.05, 4.69) is 0 Å². The third-order valence-electron chi connectivity index (χ3n) is 2.59. The number of rotatable bonds is 2. The highest BCUT2D eigenvalue weighted by Crippen LogP contribution is 2.15. The van der Waals surface area contributed by atoms with Gasteiger partial charge in [-0.2, -0.15) is 16.5 Å². The monoisotopic (exact) mass is 237 g/mol. The highest BCUT2D eigenvalue weighted by Gasteiger charge is 2.21. The molecule has 84 valence electrons. The van der Waals surface area contributed by atoms with Gasteiger partial charge in [0.15, 0.2) is 5.52 Å². The molecule has 1 heterocycles. The maximum Gasteiger partial charge on any atom is 0.290 e. The Bertz CT molecular complexity index is 592. The van der Waals surface area contributed by atoms with Crippen LogP contribution in [-0.2, 0) is 5.75 Å². The lowest BCUT2D eigenvalue weighted by molar-refractivity contribution is -0.474. The number of thioether (sulfide) groups is 1. The highest BCUT2D eigenvalue weighted by molar-refractivity contribution is 7.97. The molecule has 0 atom stereocenters. The minimum Gasteiger partial charge on any atom is -0.428 e. The van der Waals surface area contributed by atoms with Crippen LogP contribution in [0.4, 0.5) is 0 Å². The molecule has 0 saturated heterocycles. The Kier molecular flexibility index (Phi) is 2.87. The Balaban J connectivity index is 2.89. The van der Waals surface area contributed by atoms with Crippen LogP contribution in [0.2, 0.25) is 0 Å². The van der Waals surface area contributed by atoms with Crippen molar-refractivity contribution in [1.29, 1.82) is 0 Å². The summed E-state index contributed by atoms with van der Waals surface area (Å²) in [6.07, 6.45) is 1.93. The minimum absolute atomic E-state index is 0.486. The van der Waals surface area contributed by atoms with Crippen LogP contribution in [0.15, 0.2) is 24.3 Å². The molecule has 0 aliphatic rings. The van der Waals surface area contributed by atoms with Gasteiger partial charge in [-0.15, -0.1) is 0 Å². The fourth-order valence-corrected chi connectivity index (χ4v) is 2.31. The van der Waals surface area contributed by atoms with E-state index in [-0.39, 0.29) is 0 Å². The third-order valence-corrected chi connectivity index (χ3v) is 3.15. The summed E-state index contributed by atoms with van der Waals surface area (Å²) in [5.74, 6) is 0.584. The van der Waals surface area contributed by atoms with E-state index in [1.807, 2.05) is 6.26 Å². The van der Waals surface area contributed by atoms with Crippen LogP contribution < -0.4 is 4.43 Å². The van der Waals surface area contributed by atoms with Gasteiger partial charge >= 0.3 is 0 Å². The van der Waals surface area contributed by atoms with Gasteiger partial charge in [0.2, 0.25) is 0 Å². The molecule has 0 saturated carbocycles. The van der Waals surface area contributed by atoms with Crippen molar-refractivity contribution in [3.63, 3.8) is 0 Å². The summed E-state index contributed by atoms with van der Waals surface area (Å²) in [5.41, 5.74) is 2.19. The SMILES string of the molecule is CSCc1c(C)n(O)c2ccccc2[n+]1=O. The van der Waals surface area contributed by atoms with Crippen molar-refractivity contribution in [1.82, 2.24) is 4.73 Å². The molecular weight excluding hydrogens is 224 g/mol. The Morgan fingerprint density at radius 3 is 2.81 bits per heavy atom. The van der Waals surface area contributed by atoms with E-state index in [1.165, 1.54) is 0 Å². The quantitative estimate of drug-likeness (QED) is 0.641. The molecule has 16 heavy (non-hydrogen) atoms. The molecule has 4 nitrogen and oxygen atoms in total. The molecule has 0 bridgehead atoms. The molecule has 1 aromatic heterocycles. The molecule has 1 N–H and O–H groups in total. The van der Waals surface area contributed by atoms with E-state index in [1.54, 1.807) is 43.0 Å². The number of aromatic nitrogens is 2. The zero-order chi connectivity index (χ0) is 11.7. The third kappa shape index (κ3) is 1.57. The number of fused-ring (bicyclic) bond motifs is 1. The number of para-hydroxylation sites is 2. The average Bonchev–Trinajstić information content (AvgIpc) is 2.32. The van der Waals surface area contributed by atoms with Gasteiger partial charge in [0.25, 0.3) is 11.2 Å². The maximum atomic E-state index is 12.1. The van der Waals surface area contributed by atoms with Gasteiger partial charge in [-0.05, 0) is 19.2 Å². The average molecular weight is 237 g/mol. The Hall–Kier alpha value is -1.49. The van der Waals surface area contributed by atoms with Crippen molar-refractivity contribution >= 4 is 22.8 Å². The zero-order valence-corrected chi connectivity index (χ0v) is 9.99. The minimum atomic E-state index is 0.486. The first kappa shape index (κ1) is 11.0. The van der Waals surface area contributed by atoms with Crippen molar-refractivity contribution in [3.05, 3.63) is 40.6 Å². The number of benzene rings is 1. The van der Waals surface area contributed by atoms with Gasteiger partial charge in [0.1, 0.15) is 5.69 Å². The topological polar surface area (TPSA) is 48.1 Å². The summed E-state index contributed by atoms with van der Waals surface area (Å²) >= 11 is 1.56. The van der Waals surface area contributed by atoms with Crippen LogP contribution in [0.5, 0.6) is 0 Å². The molecule has 0 amide bonds. The van der Waals surface area contributed by atoms with Gasteiger partial charge < -0.3 is 5.21 Å². The molecule has 0 fully saturated rings. The first-order valence-corrected chi connectivity index (χ1v) is 6.30. The summed E-state index contributed by atoms with van der Waals surface area (Å²) in [6, 6.07) is 7.01. The van der Waals surface area contributed by atoms with Crippen molar-refractivity contribution in [2.75, 3.05) is 6.26 Å². The van der Waals surface area contributed by atoms with E-state index in [0.29, 0.717) is 28.2 Å². The smallest absolute Gasteiger partial charge is 0.290 e.